The first-order valence-electron chi connectivity index (χ1n) is 8.09. The Bertz CT molecular complexity index is 511. The van der Waals surface area contributed by atoms with E-state index >= 15 is 0 Å². The normalized spacial score (nSPS) is 25.9. The Morgan fingerprint density at radius 1 is 1.50 bits per heavy atom. The highest BCUT2D eigenvalue weighted by Crippen LogP contribution is 2.31. The number of rotatable bonds is 4. The van der Waals surface area contributed by atoms with E-state index in [2.05, 4.69) is 15.5 Å². The molecule has 3 rings (SSSR count). The molecule has 2 fully saturated rings. The van der Waals surface area contributed by atoms with Crippen LogP contribution in [-0.2, 0) is 9.53 Å². The molecule has 0 aromatic carbocycles. The second-order valence-corrected chi connectivity index (χ2v) is 6.32. The Labute approximate surface area is 130 Å². The molecule has 0 aliphatic carbocycles. The van der Waals surface area contributed by atoms with Gasteiger partial charge in [0, 0.05) is 31.5 Å². The fraction of sp³-hybridized carbons (Fsp3) is 0.800. The highest BCUT2D eigenvalue weighted by molar-refractivity contribution is 5.77. The molecule has 0 saturated carbocycles. The van der Waals surface area contributed by atoms with Crippen LogP contribution in [0.5, 0.6) is 0 Å². The molecular weight excluding hydrogens is 284 g/mol. The number of carbonyl (C=O) groups excluding carboxylic acids is 1. The maximum atomic E-state index is 12.6. The minimum absolute atomic E-state index is 0.0479. The monoisotopic (exact) mass is 308 g/mol. The third-order valence-corrected chi connectivity index (χ3v) is 4.24. The molecule has 2 aliphatic heterocycles. The molecule has 1 aromatic heterocycles. The van der Waals surface area contributed by atoms with E-state index in [9.17, 15) is 4.79 Å². The van der Waals surface area contributed by atoms with E-state index < -0.39 is 0 Å². The summed E-state index contributed by atoms with van der Waals surface area (Å²) in [6.45, 7) is 6.93. The van der Waals surface area contributed by atoms with Gasteiger partial charge in [-0.15, -0.1) is 0 Å². The van der Waals surface area contributed by atoms with Gasteiger partial charge in [0.05, 0.1) is 19.3 Å². The van der Waals surface area contributed by atoms with Crippen LogP contribution in [0, 0.1) is 0 Å². The van der Waals surface area contributed by atoms with E-state index in [0.717, 1.165) is 32.5 Å². The van der Waals surface area contributed by atoms with E-state index in [1.54, 1.807) is 0 Å². The summed E-state index contributed by atoms with van der Waals surface area (Å²) in [6, 6.07) is 0.0623. The lowest BCUT2D eigenvalue weighted by atomic mass is 10.1. The first kappa shape index (κ1) is 15.4. The van der Waals surface area contributed by atoms with Gasteiger partial charge in [0.1, 0.15) is 0 Å². The number of morpholine rings is 1. The Hall–Kier alpha value is -1.47. The van der Waals surface area contributed by atoms with E-state index in [0.29, 0.717) is 24.7 Å². The van der Waals surface area contributed by atoms with Crippen molar-refractivity contribution < 1.29 is 14.1 Å². The molecule has 2 saturated heterocycles. The molecule has 1 aromatic rings. The molecule has 2 unspecified atom stereocenters. The van der Waals surface area contributed by atoms with Crippen LogP contribution in [0.1, 0.15) is 56.8 Å². The summed E-state index contributed by atoms with van der Waals surface area (Å²) in [5.41, 5.74) is 0. The second kappa shape index (κ2) is 6.75. The topological polar surface area (TPSA) is 80.5 Å². The number of likely N-dealkylation sites (tertiary alicyclic amines) is 1. The minimum atomic E-state index is -0.0479. The average Bonchev–Trinajstić information content (AvgIpc) is 3.17. The number of amides is 1. The molecule has 0 bridgehead atoms. The number of nitrogens with one attached hydrogen (secondary N) is 1. The van der Waals surface area contributed by atoms with E-state index in [1.807, 2.05) is 18.7 Å². The van der Waals surface area contributed by atoms with Crippen molar-refractivity contribution in [3.05, 3.63) is 11.7 Å². The molecule has 0 radical (unpaired) electrons. The van der Waals surface area contributed by atoms with Crippen molar-refractivity contribution in [2.24, 2.45) is 0 Å². The highest BCUT2D eigenvalue weighted by Gasteiger charge is 2.34. The Kier molecular flexibility index (Phi) is 4.73. The maximum Gasteiger partial charge on any atom is 0.229 e. The van der Waals surface area contributed by atoms with E-state index in [4.69, 9.17) is 9.26 Å². The maximum absolute atomic E-state index is 12.6. The van der Waals surface area contributed by atoms with Gasteiger partial charge in [-0.25, -0.2) is 0 Å². The van der Waals surface area contributed by atoms with Gasteiger partial charge in [0.15, 0.2) is 5.82 Å². The number of hydrogen-bond acceptors (Lipinski definition) is 6. The van der Waals surface area contributed by atoms with Gasteiger partial charge in [0.2, 0.25) is 11.8 Å². The molecule has 122 valence electrons. The van der Waals surface area contributed by atoms with Crippen LogP contribution in [0.25, 0.3) is 0 Å². The lowest BCUT2D eigenvalue weighted by molar-refractivity contribution is -0.133. The quantitative estimate of drug-likeness (QED) is 0.901. The summed E-state index contributed by atoms with van der Waals surface area (Å²) in [7, 11) is 0. The van der Waals surface area contributed by atoms with Gasteiger partial charge in [-0.05, 0) is 12.8 Å². The highest BCUT2D eigenvalue weighted by atomic mass is 16.5. The van der Waals surface area contributed by atoms with Crippen molar-refractivity contribution >= 4 is 5.91 Å². The van der Waals surface area contributed by atoms with Crippen LogP contribution in [0.15, 0.2) is 4.52 Å². The molecule has 1 amide bonds. The van der Waals surface area contributed by atoms with Crippen molar-refractivity contribution in [2.75, 3.05) is 26.3 Å². The lowest BCUT2D eigenvalue weighted by Crippen LogP contribution is -2.45. The standard InChI is InChI=1S/C15H24N4O3/c1-10(2)15-17-14(18-22-15)12-4-3-6-19(12)13(20)8-11-9-21-7-5-16-11/h10-12,16H,3-9H2,1-2H3. The zero-order chi connectivity index (χ0) is 15.5. The van der Waals surface area contributed by atoms with Crippen molar-refractivity contribution in [1.29, 1.82) is 0 Å². The number of nitrogens with zero attached hydrogens (tertiary/aromatic N) is 3. The van der Waals surface area contributed by atoms with Crippen LogP contribution in [-0.4, -0.2) is 53.3 Å². The zero-order valence-electron chi connectivity index (χ0n) is 13.2. The van der Waals surface area contributed by atoms with Gasteiger partial charge in [0.25, 0.3) is 0 Å². The van der Waals surface area contributed by atoms with Crippen molar-refractivity contribution in [3.8, 4) is 0 Å². The van der Waals surface area contributed by atoms with Crippen LogP contribution in [0.3, 0.4) is 0 Å². The predicted molar refractivity (Wildman–Crippen MR) is 79.3 cm³/mol. The first-order valence-corrected chi connectivity index (χ1v) is 8.09. The lowest BCUT2D eigenvalue weighted by Gasteiger charge is -2.27. The Morgan fingerprint density at radius 3 is 3.05 bits per heavy atom. The van der Waals surface area contributed by atoms with Gasteiger partial charge in [-0.1, -0.05) is 19.0 Å². The summed E-state index contributed by atoms with van der Waals surface area (Å²) in [5.74, 6) is 1.62. The van der Waals surface area contributed by atoms with E-state index in [-0.39, 0.29) is 23.9 Å². The summed E-state index contributed by atoms with van der Waals surface area (Å²) in [5, 5.41) is 7.40. The summed E-state index contributed by atoms with van der Waals surface area (Å²) in [6.07, 6.45) is 2.35. The van der Waals surface area contributed by atoms with Gasteiger partial charge in [-0.3, -0.25) is 4.79 Å². The van der Waals surface area contributed by atoms with Crippen LogP contribution in [0.4, 0.5) is 0 Å². The molecule has 1 N–H and O–H groups in total. The van der Waals surface area contributed by atoms with Gasteiger partial charge >= 0.3 is 0 Å². The molecular formula is C15H24N4O3. The van der Waals surface area contributed by atoms with Crippen LogP contribution in [0.2, 0.25) is 0 Å². The Balaban J connectivity index is 1.65. The summed E-state index contributed by atoms with van der Waals surface area (Å²) >= 11 is 0. The largest absolute Gasteiger partial charge is 0.378 e. The fourth-order valence-electron chi connectivity index (χ4n) is 3.03. The molecule has 7 heteroatoms. The smallest absolute Gasteiger partial charge is 0.229 e. The molecule has 2 aliphatic rings. The minimum Gasteiger partial charge on any atom is -0.378 e. The third kappa shape index (κ3) is 3.30. The second-order valence-electron chi connectivity index (χ2n) is 6.32. The molecule has 3 heterocycles. The Morgan fingerprint density at radius 2 is 2.36 bits per heavy atom. The first-order chi connectivity index (χ1) is 10.6. The van der Waals surface area contributed by atoms with Gasteiger partial charge < -0.3 is 19.5 Å². The fourth-order valence-corrected chi connectivity index (χ4v) is 3.03. The molecule has 22 heavy (non-hydrogen) atoms. The zero-order valence-corrected chi connectivity index (χ0v) is 13.2. The molecule has 7 nitrogen and oxygen atoms in total. The number of carbonyl (C=O) groups is 1. The van der Waals surface area contributed by atoms with Crippen molar-refractivity contribution in [1.82, 2.24) is 20.4 Å². The van der Waals surface area contributed by atoms with Crippen molar-refractivity contribution in [3.63, 3.8) is 0 Å². The van der Waals surface area contributed by atoms with Gasteiger partial charge in [-0.2, -0.15) is 4.98 Å². The number of aromatic nitrogens is 2. The predicted octanol–water partition coefficient (Wildman–Crippen LogP) is 1.23. The molecule has 0 spiro atoms. The summed E-state index contributed by atoms with van der Waals surface area (Å²) < 4.78 is 10.7. The SMILES string of the molecule is CC(C)c1nc(C2CCCN2C(=O)CC2COCCN2)no1. The van der Waals surface area contributed by atoms with Crippen LogP contribution >= 0.6 is 0 Å². The summed E-state index contributed by atoms with van der Waals surface area (Å²) in [4.78, 5) is 18.9. The average molecular weight is 308 g/mol. The van der Waals surface area contributed by atoms with Crippen molar-refractivity contribution in [2.45, 2.75) is 51.1 Å². The van der Waals surface area contributed by atoms with Crippen LogP contribution < -0.4 is 5.32 Å². The number of hydrogen-bond donors (Lipinski definition) is 1. The third-order valence-electron chi connectivity index (χ3n) is 4.24. The van der Waals surface area contributed by atoms with E-state index in [1.165, 1.54) is 0 Å². The number of ether oxygens (including phenoxy) is 1. The molecule has 2 atom stereocenters.